The van der Waals surface area contributed by atoms with Crippen LogP contribution in [0, 0.1) is 12.7 Å². The minimum Gasteiger partial charge on any atom is -0.350 e. The van der Waals surface area contributed by atoms with E-state index in [1.807, 2.05) is 13.8 Å². The molecule has 0 radical (unpaired) electrons. The maximum absolute atomic E-state index is 13.2. The number of nitrogens with zero attached hydrogens (tertiary/aromatic N) is 4. The predicted octanol–water partition coefficient (Wildman–Crippen LogP) is 4.36. The van der Waals surface area contributed by atoms with Gasteiger partial charge in [0.25, 0.3) is 6.43 Å². The fourth-order valence-electron chi connectivity index (χ4n) is 2.59. The molecule has 136 valence electrons. The molecule has 0 saturated heterocycles. The van der Waals surface area contributed by atoms with Crippen molar-refractivity contribution in [3.63, 3.8) is 0 Å². The fourth-order valence-corrected chi connectivity index (χ4v) is 2.59. The summed E-state index contributed by atoms with van der Waals surface area (Å²) in [5.74, 6) is -0.249. The van der Waals surface area contributed by atoms with E-state index in [9.17, 15) is 13.2 Å². The Labute approximate surface area is 148 Å². The summed E-state index contributed by atoms with van der Waals surface area (Å²) < 4.78 is 41.2. The van der Waals surface area contributed by atoms with Gasteiger partial charge in [-0.05, 0) is 37.6 Å². The number of halogens is 3. The van der Waals surface area contributed by atoms with Crippen LogP contribution in [0.25, 0.3) is 11.3 Å². The molecule has 0 atom stereocenters. The Morgan fingerprint density at radius 3 is 2.50 bits per heavy atom. The molecule has 0 saturated carbocycles. The van der Waals surface area contributed by atoms with Gasteiger partial charge in [0.1, 0.15) is 11.5 Å². The average molecular weight is 361 g/mol. The number of aryl methyl sites for hydroxylation is 1. The number of rotatable bonds is 6. The van der Waals surface area contributed by atoms with Crippen LogP contribution < -0.4 is 5.32 Å². The maximum Gasteiger partial charge on any atom is 0.280 e. The van der Waals surface area contributed by atoms with Crippen molar-refractivity contribution in [2.45, 2.75) is 33.4 Å². The Bertz CT molecular complexity index is 890. The lowest BCUT2D eigenvalue weighted by molar-refractivity contribution is 0.146. The molecule has 0 fully saturated rings. The molecule has 0 unspecified atom stereocenters. The van der Waals surface area contributed by atoms with Gasteiger partial charge in [-0.25, -0.2) is 23.1 Å². The second-order valence-electron chi connectivity index (χ2n) is 5.74. The van der Waals surface area contributed by atoms with E-state index in [0.717, 1.165) is 11.3 Å². The van der Waals surface area contributed by atoms with Crippen LogP contribution in [0.3, 0.4) is 0 Å². The normalized spacial score (nSPS) is 11.2. The van der Waals surface area contributed by atoms with Gasteiger partial charge >= 0.3 is 0 Å². The number of benzene rings is 1. The smallest absolute Gasteiger partial charge is 0.280 e. The second kappa shape index (κ2) is 7.55. The zero-order chi connectivity index (χ0) is 18.7. The molecule has 1 N–H and O–H groups in total. The standard InChI is InChI=1S/C18H18F3N5/c1-3-26-11(2)14(10-23-26)15-8-16(17(20)21)25-18(24-15)22-9-12-4-6-13(19)7-5-12/h4-8,10,17H,3,9H2,1-2H3,(H,22,24,25). The van der Waals surface area contributed by atoms with E-state index < -0.39 is 6.43 Å². The van der Waals surface area contributed by atoms with Gasteiger partial charge in [-0.3, -0.25) is 4.68 Å². The van der Waals surface area contributed by atoms with Gasteiger partial charge in [-0.15, -0.1) is 0 Å². The molecule has 2 aromatic heterocycles. The summed E-state index contributed by atoms with van der Waals surface area (Å²) in [6, 6.07) is 7.16. The molecule has 8 heteroatoms. The molecule has 0 aliphatic carbocycles. The van der Waals surface area contributed by atoms with Gasteiger partial charge < -0.3 is 5.32 Å². The van der Waals surface area contributed by atoms with Crippen LogP contribution in [0.1, 0.15) is 30.3 Å². The third kappa shape index (κ3) is 3.84. The van der Waals surface area contributed by atoms with Crippen molar-refractivity contribution in [2.24, 2.45) is 0 Å². The van der Waals surface area contributed by atoms with E-state index in [-0.39, 0.29) is 17.5 Å². The lowest BCUT2D eigenvalue weighted by Gasteiger charge is -2.10. The molecular weight excluding hydrogens is 343 g/mol. The van der Waals surface area contributed by atoms with Gasteiger partial charge in [0.2, 0.25) is 5.95 Å². The fraction of sp³-hybridized carbons (Fsp3) is 0.278. The van der Waals surface area contributed by atoms with Crippen molar-refractivity contribution in [3.05, 3.63) is 59.3 Å². The zero-order valence-electron chi connectivity index (χ0n) is 14.4. The Balaban J connectivity index is 1.90. The number of anilines is 1. The highest BCUT2D eigenvalue weighted by molar-refractivity contribution is 5.62. The van der Waals surface area contributed by atoms with Gasteiger partial charge in [0.15, 0.2) is 0 Å². The van der Waals surface area contributed by atoms with E-state index in [1.165, 1.54) is 18.2 Å². The summed E-state index contributed by atoms with van der Waals surface area (Å²) >= 11 is 0. The number of hydrogen-bond donors (Lipinski definition) is 1. The molecule has 1 aromatic carbocycles. The molecule has 0 amide bonds. The molecule has 3 rings (SSSR count). The van der Waals surface area contributed by atoms with Crippen LogP contribution in [-0.4, -0.2) is 19.7 Å². The van der Waals surface area contributed by atoms with Gasteiger partial charge in [0.05, 0.1) is 11.9 Å². The topological polar surface area (TPSA) is 55.6 Å². The van der Waals surface area contributed by atoms with Gasteiger partial charge in [0, 0.05) is 24.3 Å². The van der Waals surface area contributed by atoms with E-state index in [0.29, 0.717) is 24.3 Å². The summed E-state index contributed by atoms with van der Waals surface area (Å²) in [6.07, 6.45) is -1.11. The lowest BCUT2D eigenvalue weighted by Crippen LogP contribution is -2.07. The number of hydrogen-bond acceptors (Lipinski definition) is 4. The SMILES string of the molecule is CCn1ncc(-c2cc(C(F)F)nc(NCc3ccc(F)cc3)n2)c1C. The number of alkyl halides is 2. The highest BCUT2D eigenvalue weighted by Gasteiger charge is 2.17. The number of nitrogens with one attached hydrogen (secondary N) is 1. The van der Waals surface area contributed by atoms with Crippen LogP contribution in [0.4, 0.5) is 19.1 Å². The Morgan fingerprint density at radius 1 is 1.15 bits per heavy atom. The number of aromatic nitrogens is 4. The first-order valence-electron chi connectivity index (χ1n) is 8.16. The quantitative estimate of drug-likeness (QED) is 0.709. The Morgan fingerprint density at radius 2 is 1.88 bits per heavy atom. The molecule has 0 spiro atoms. The second-order valence-corrected chi connectivity index (χ2v) is 5.74. The van der Waals surface area contributed by atoms with Crippen LogP contribution in [0.5, 0.6) is 0 Å². The molecular formula is C18H18F3N5. The van der Waals surface area contributed by atoms with E-state index in [4.69, 9.17) is 0 Å². The first kappa shape index (κ1) is 17.9. The first-order valence-corrected chi connectivity index (χ1v) is 8.16. The average Bonchev–Trinajstić information content (AvgIpc) is 3.01. The third-order valence-corrected chi connectivity index (χ3v) is 4.01. The minimum atomic E-state index is -2.72. The molecule has 5 nitrogen and oxygen atoms in total. The minimum absolute atomic E-state index is 0.0887. The molecule has 0 aliphatic heterocycles. The molecule has 0 bridgehead atoms. The van der Waals surface area contributed by atoms with Crippen molar-refractivity contribution >= 4 is 5.95 Å². The van der Waals surface area contributed by atoms with E-state index in [2.05, 4.69) is 20.4 Å². The van der Waals surface area contributed by atoms with Crippen molar-refractivity contribution < 1.29 is 13.2 Å². The molecule has 26 heavy (non-hydrogen) atoms. The summed E-state index contributed by atoms with van der Waals surface area (Å²) in [6.45, 7) is 4.78. The summed E-state index contributed by atoms with van der Waals surface area (Å²) in [5.41, 5.74) is 2.33. The third-order valence-electron chi connectivity index (χ3n) is 4.01. The predicted molar refractivity (Wildman–Crippen MR) is 92.3 cm³/mol. The highest BCUT2D eigenvalue weighted by atomic mass is 19.3. The van der Waals surface area contributed by atoms with Crippen LogP contribution >= 0.6 is 0 Å². The van der Waals surface area contributed by atoms with Crippen molar-refractivity contribution in [1.29, 1.82) is 0 Å². The first-order chi connectivity index (χ1) is 12.5. The molecule has 3 aromatic rings. The summed E-state index contributed by atoms with van der Waals surface area (Å²) in [7, 11) is 0. The van der Waals surface area contributed by atoms with Crippen molar-refractivity contribution in [3.8, 4) is 11.3 Å². The summed E-state index contributed by atoms with van der Waals surface area (Å²) in [4.78, 5) is 8.22. The summed E-state index contributed by atoms with van der Waals surface area (Å²) in [5, 5.41) is 7.15. The van der Waals surface area contributed by atoms with Crippen LogP contribution in [0.2, 0.25) is 0 Å². The van der Waals surface area contributed by atoms with E-state index in [1.54, 1.807) is 23.0 Å². The maximum atomic E-state index is 13.2. The lowest BCUT2D eigenvalue weighted by atomic mass is 10.1. The van der Waals surface area contributed by atoms with Crippen LogP contribution in [0.15, 0.2) is 36.5 Å². The van der Waals surface area contributed by atoms with E-state index >= 15 is 0 Å². The Hall–Kier alpha value is -2.90. The molecule has 0 aliphatic rings. The highest BCUT2D eigenvalue weighted by Crippen LogP contribution is 2.26. The van der Waals surface area contributed by atoms with Crippen LogP contribution in [-0.2, 0) is 13.1 Å². The van der Waals surface area contributed by atoms with Crippen molar-refractivity contribution in [2.75, 3.05) is 5.32 Å². The Kier molecular flexibility index (Phi) is 5.20. The largest absolute Gasteiger partial charge is 0.350 e. The monoisotopic (exact) mass is 361 g/mol. The molecule has 2 heterocycles. The zero-order valence-corrected chi connectivity index (χ0v) is 14.4. The van der Waals surface area contributed by atoms with Gasteiger partial charge in [-0.1, -0.05) is 12.1 Å². The van der Waals surface area contributed by atoms with Gasteiger partial charge in [-0.2, -0.15) is 5.10 Å². The van der Waals surface area contributed by atoms with Crippen molar-refractivity contribution in [1.82, 2.24) is 19.7 Å².